The molecule has 0 aliphatic carbocycles. The van der Waals surface area contributed by atoms with Crippen molar-refractivity contribution in [2.45, 2.75) is 13.8 Å². The van der Waals surface area contributed by atoms with Gasteiger partial charge in [0.2, 0.25) is 0 Å². The van der Waals surface area contributed by atoms with E-state index in [2.05, 4.69) is 25.0 Å². The summed E-state index contributed by atoms with van der Waals surface area (Å²) in [6.45, 7) is 3.43. The second-order valence-electron chi connectivity index (χ2n) is 5.80. The molecule has 0 unspecified atom stereocenters. The summed E-state index contributed by atoms with van der Waals surface area (Å²) in [5, 5.41) is 3.47. The number of nitrogens with zero attached hydrogens (tertiary/aromatic N) is 3. The molecular formula is C19H18N4O4S. The van der Waals surface area contributed by atoms with Crippen LogP contribution in [0.25, 0.3) is 10.8 Å². The Morgan fingerprint density at radius 2 is 1.93 bits per heavy atom. The first kappa shape index (κ1) is 19.4. The number of hydrogen-bond acceptors (Lipinski definition) is 8. The topological polar surface area (TPSA) is 103 Å². The highest BCUT2D eigenvalue weighted by Crippen LogP contribution is 2.27. The highest BCUT2D eigenvalue weighted by Gasteiger charge is 2.18. The Kier molecular flexibility index (Phi) is 5.95. The fourth-order valence-corrected chi connectivity index (χ4v) is 3.27. The second-order valence-corrected chi connectivity index (χ2v) is 6.80. The predicted octanol–water partition coefficient (Wildman–Crippen LogP) is 3.02. The molecule has 0 bridgehead atoms. The lowest BCUT2D eigenvalue weighted by Gasteiger charge is -2.10. The van der Waals surface area contributed by atoms with Crippen molar-refractivity contribution in [2.75, 3.05) is 19.0 Å². The van der Waals surface area contributed by atoms with E-state index in [1.54, 1.807) is 43.6 Å². The lowest BCUT2D eigenvalue weighted by atomic mass is 10.2. The molecule has 8 nitrogen and oxygen atoms in total. The van der Waals surface area contributed by atoms with Crippen molar-refractivity contribution >= 4 is 28.9 Å². The molecule has 0 aliphatic rings. The maximum absolute atomic E-state index is 12.7. The summed E-state index contributed by atoms with van der Waals surface area (Å²) in [6, 6.07) is 6.85. The molecule has 1 aromatic carbocycles. The molecule has 0 atom stereocenters. The number of nitrogens with one attached hydrogen (secondary N) is 1. The monoisotopic (exact) mass is 398 g/mol. The third kappa shape index (κ3) is 4.49. The molecule has 0 fully saturated rings. The molecule has 0 saturated carbocycles. The van der Waals surface area contributed by atoms with E-state index in [0.29, 0.717) is 32.8 Å². The molecule has 2 heterocycles. The Hall–Kier alpha value is -3.33. The summed E-state index contributed by atoms with van der Waals surface area (Å²) in [5.74, 6) is 0.272. The van der Waals surface area contributed by atoms with Crippen LogP contribution in [0.15, 0.2) is 36.7 Å². The molecule has 9 heteroatoms. The Balaban J connectivity index is 1.73. The number of anilines is 1. The van der Waals surface area contributed by atoms with Gasteiger partial charge in [0.15, 0.2) is 17.4 Å². The third-order valence-electron chi connectivity index (χ3n) is 3.79. The first-order chi connectivity index (χ1) is 13.5. The van der Waals surface area contributed by atoms with Crippen molar-refractivity contribution in [3.05, 3.63) is 52.8 Å². The molecule has 1 amide bonds. The number of aromatic nitrogens is 3. The van der Waals surface area contributed by atoms with Gasteiger partial charge in [-0.15, -0.1) is 11.3 Å². The maximum atomic E-state index is 12.7. The van der Waals surface area contributed by atoms with Gasteiger partial charge in [0.1, 0.15) is 10.6 Å². The zero-order valence-corrected chi connectivity index (χ0v) is 16.4. The van der Waals surface area contributed by atoms with Gasteiger partial charge in [-0.1, -0.05) is 0 Å². The van der Waals surface area contributed by atoms with Crippen LogP contribution in [0.1, 0.15) is 20.9 Å². The van der Waals surface area contributed by atoms with Crippen LogP contribution >= 0.6 is 11.3 Å². The molecule has 0 saturated heterocycles. The van der Waals surface area contributed by atoms with Crippen LogP contribution in [0.4, 0.5) is 5.69 Å². The summed E-state index contributed by atoms with van der Waals surface area (Å²) in [4.78, 5) is 37.1. The number of methoxy groups -OCH3 is 1. The molecule has 1 N–H and O–H groups in total. The minimum Gasteiger partial charge on any atom is -0.482 e. The van der Waals surface area contributed by atoms with Gasteiger partial charge in [0.05, 0.1) is 12.8 Å². The lowest BCUT2D eigenvalue weighted by molar-refractivity contribution is -0.142. The maximum Gasteiger partial charge on any atom is 0.343 e. The van der Waals surface area contributed by atoms with E-state index in [4.69, 9.17) is 4.74 Å². The average molecular weight is 398 g/mol. The van der Waals surface area contributed by atoms with Crippen LogP contribution in [0.3, 0.4) is 0 Å². The number of benzene rings is 1. The number of aryl methyl sites for hydroxylation is 2. The van der Waals surface area contributed by atoms with E-state index in [0.717, 1.165) is 5.56 Å². The molecule has 144 valence electrons. The first-order valence-corrected chi connectivity index (χ1v) is 9.16. The fraction of sp³-hybridized carbons (Fsp3) is 0.211. The molecule has 3 rings (SSSR count). The number of hydrogen-bond donors (Lipinski definition) is 1. The zero-order valence-electron chi connectivity index (χ0n) is 15.6. The molecule has 0 aliphatic heterocycles. The average Bonchev–Trinajstić information content (AvgIpc) is 3.10. The van der Waals surface area contributed by atoms with Crippen molar-refractivity contribution in [1.29, 1.82) is 0 Å². The quantitative estimate of drug-likeness (QED) is 0.637. The number of ether oxygens (including phenoxy) is 2. The van der Waals surface area contributed by atoms with E-state index in [-0.39, 0.29) is 12.5 Å². The van der Waals surface area contributed by atoms with Crippen molar-refractivity contribution in [1.82, 2.24) is 15.0 Å². The van der Waals surface area contributed by atoms with Gasteiger partial charge in [-0.25, -0.2) is 19.7 Å². The van der Waals surface area contributed by atoms with E-state index >= 15 is 0 Å². The van der Waals surface area contributed by atoms with Gasteiger partial charge in [-0.05, 0) is 43.7 Å². The van der Waals surface area contributed by atoms with Gasteiger partial charge < -0.3 is 14.8 Å². The van der Waals surface area contributed by atoms with Crippen LogP contribution in [-0.4, -0.2) is 40.5 Å². The van der Waals surface area contributed by atoms with Crippen LogP contribution in [-0.2, 0) is 9.53 Å². The Labute approximate surface area is 165 Å². The molecule has 28 heavy (non-hydrogen) atoms. The Morgan fingerprint density at radius 1 is 1.18 bits per heavy atom. The van der Waals surface area contributed by atoms with Gasteiger partial charge >= 0.3 is 5.97 Å². The Morgan fingerprint density at radius 3 is 2.61 bits per heavy atom. The van der Waals surface area contributed by atoms with Crippen LogP contribution < -0.4 is 10.1 Å². The molecule has 0 radical (unpaired) electrons. The largest absolute Gasteiger partial charge is 0.482 e. The fourth-order valence-electron chi connectivity index (χ4n) is 2.36. The van der Waals surface area contributed by atoms with Gasteiger partial charge in [0, 0.05) is 18.1 Å². The van der Waals surface area contributed by atoms with Crippen LogP contribution in [0, 0.1) is 13.8 Å². The molecule has 3 aromatic rings. The van der Waals surface area contributed by atoms with E-state index in [1.807, 2.05) is 6.92 Å². The molecular weight excluding hydrogens is 380 g/mol. The summed E-state index contributed by atoms with van der Waals surface area (Å²) in [5.41, 5.74) is 2.05. The minimum atomic E-state index is -0.464. The molecule has 0 spiro atoms. The van der Waals surface area contributed by atoms with Crippen molar-refractivity contribution < 1.29 is 19.1 Å². The first-order valence-electron chi connectivity index (χ1n) is 8.34. The Bertz CT molecular complexity index is 1000. The third-order valence-corrected chi connectivity index (χ3v) is 4.94. The van der Waals surface area contributed by atoms with E-state index in [1.165, 1.54) is 18.4 Å². The number of rotatable bonds is 6. The van der Waals surface area contributed by atoms with Crippen molar-refractivity contribution in [3.8, 4) is 16.6 Å². The standard InChI is InChI=1S/C19H18N4O4S/c1-11-9-13(27-10-15(24)26-3)5-6-14(11)23-18(25)16-12(2)22-19(28-16)17-20-7-4-8-21-17/h4-9H,10H2,1-3H3,(H,23,25). The lowest BCUT2D eigenvalue weighted by Crippen LogP contribution is -2.14. The predicted molar refractivity (Wildman–Crippen MR) is 105 cm³/mol. The summed E-state index contributed by atoms with van der Waals surface area (Å²) >= 11 is 1.24. The summed E-state index contributed by atoms with van der Waals surface area (Å²) in [6.07, 6.45) is 3.26. The van der Waals surface area contributed by atoms with E-state index in [9.17, 15) is 9.59 Å². The number of thiazole rings is 1. The van der Waals surface area contributed by atoms with Crippen LogP contribution in [0.2, 0.25) is 0 Å². The van der Waals surface area contributed by atoms with Crippen LogP contribution in [0.5, 0.6) is 5.75 Å². The van der Waals surface area contributed by atoms with Crippen molar-refractivity contribution in [2.24, 2.45) is 0 Å². The highest BCUT2D eigenvalue weighted by atomic mass is 32.1. The van der Waals surface area contributed by atoms with Gasteiger partial charge in [-0.2, -0.15) is 0 Å². The smallest absolute Gasteiger partial charge is 0.343 e. The molecule has 2 aromatic heterocycles. The van der Waals surface area contributed by atoms with Gasteiger partial charge in [-0.3, -0.25) is 4.79 Å². The summed E-state index contributed by atoms with van der Waals surface area (Å²) < 4.78 is 9.88. The number of amides is 1. The number of esters is 1. The number of carbonyl (C=O) groups excluding carboxylic acids is 2. The second kappa shape index (κ2) is 8.57. The van der Waals surface area contributed by atoms with Gasteiger partial charge in [0.25, 0.3) is 5.91 Å². The summed E-state index contributed by atoms with van der Waals surface area (Å²) in [7, 11) is 1.30. The number of carbonyl (C=O) groups is 2. The van der Waals surface area contributed by atoms with E-state index < -0.39 is 5.97 Å². The SMILES string of the molecule is COC(=O)COc1ccc(NC(=O)c2sc(-c3ncccn3)nc2C)c(C)c1. The van der Waals surface area contributed by atoms with Crippen molar-refractivity contribution in [3.63, 3.8) is 0 Å². The zero-order chi connectivity index (χ0) is 20.1. The normalized spacial score (nSPS) is 10.4. The highest BCUT2D eigenvalue weighted by molar-refractivity contribution is 7.17. The minimum absolute atomic E-state index is 0.175.